The predicted octanol–water partition coefficient (Wildman–Crippen LogP) is 4.83. The zero-order chi connectivity index (χ0) is 17.1. The average Bonchev–Trinajstić information content (AvgIpc) is 3.00. The van der Waals surface area contributed by atoms with Crippen molar-refractivity contribution in [3.63, 3.8) is 0 Å². The van der Waals surface area contributed by atoms with Crippen LogP contribution in [0.3, 0.4) is 0 Å². The molecule has 0 fully saturated rings. The minimum Gasteiger partial charge on any atom is -0.465 e. The topological polar surface area (TPSA) is 64.4 Å². The Morgan fingerprint density at radius 1 is 1.17 bits per heavy atom. The number of anilines is 2. The van der Waals surface area contributed by atoms with Gasteiger partial charge < -0.3 is 14.6 Å². The Labute approximate surface area is 144 Å². The number of nitrogens with one attached hydrogen (secondary N) is 1. The first-order valence-corrected chi connectivity index (χ1v) is 7.64. The number of esters is 1. The molecule has 122 valence electrons. The number of nitrogens with zero attached hydrogens (tertiary/aromatic N) is 1. The molecule has 0 radical (unpaired) electrons. The van der Waals surface area contributed by atoms with E-state index in [1.165, 1.54) is 7.11 Å². The summed E-state index contributed by atoms with van der Waals surface area (Å²) in [4.78, 5) is 12.2. The maximum atomic E-state index is 12.2. The van der Waals surface area contributed by atoms with Crippen LogP contribution in [0.25, 0.3) is 11.3 Å². The van der Waals surface area contributed by atoms with E-state index in [1.54, 1.807) is 24.3 Å². The maximum absolute atomic E-state index is 12.2. The lowest BCUT2D eigenvalue weighted by molar-refractivity contribution is 0.0602. The molecule has 0 unspecified atom stereocenters. The zero-order valence-electron chi connectivity index (χ0n) is 13.2. The standard InChI is InChI=1S/C18H15ClN2O3/c1-11-5-3-4-6-14(11)20-17-15(18(22)23-2)16(21-24-17)12-7-9-13(19)10-8-12/h3-10,20H,1-2H3. The van der Waals surface area contributed by atoms with Crippen molar-refractivity contribution >= 4 is 29.1 Å². The smallest absolute Gasteiger partial charge is 0.345 e. The van der Waals surface area contributed by atoms with Crippen molar-refractivity contribution in [2.24, 2.45) is 0 Å². The van der Waals surface area contributed by atoms with Crippen LogP contribution in [0, 0.1) is 6.92 Å². The molecular weight excluding hydrogens is 328 g/mol. The van der Waals surface area contributed by atoms with Crippen LogP contribution in [0.4, 0.5) is 11.6 Å². The number of ether oxygens (including phenoxy) is 1. The molecule has 1 aromatic heterocycles. The third-order valence-corrected chi connectivity index (χ3v) is 3.84. The molecule has 3 aromatic rings. The van der Waals surface area contributed by atoms with Gasteiger partial charge in [0.15, 0.2) is 5.56 Å². The summed E-state index contributed by atoms with van der Waals surface area (Å²) in [5.41, 5.74) is 3.18. The van der Waals surface area contributed by atoms with Crippen molar-refractivity contribution in [2.75, 3.05) is 12.4 Å². The number of rotatable bonds is 4. The van der Waals surface area contributed by atoms with Crippen molar-refractivity contribution in [1.82, 2.24) is 5.16 Å². The van der Waals surface area contributed by atoms with Gasteiger partial charge in [-0.2, -0.15) is 0 Å². The van der Waals surface area contributed by atoms with E-state index in [-0.39, 0.29) is 11.4 Å². The highest BCUT2D eigenvalue weighted by molar-refractivity contribution is 6.30. The van der Waals surface area contributed by atoms with E-state index in [2.05, 4.69) is 10.5 Å². The van der Waals surface area contributed by atoms with Crippen LogP contribution in [0.5, 0.6) is 0 Å². The van der Waals surface area contributed by atoms with Crippen LogP contribution in [0.2, 0.25) is 5.02 Å². The van der Waals surface area contributed by atoms with E-state index >= 15 is 0 Å². The molecule has 0 aliphatic rings. The lowest BCUT2D eigenvalue weighted by atomic mass is 10.1. The molecule has 0 atom stereocenters. The average molecular weight is 343 g/mol. The van der Waals surface area contributed by atoms with Gasteiger partial charge in [-0.1, -0.05) is 47.1 Å². The number of aryl methyl sites for hydroxylation is 1. The van der Waals surface area contributed by atoms with Crippen molar-refractivity contribution in [1.29, 1.82) is 0 Å². The van der Waals surface area contributed by atoms with Gasteiger partial charge >= 0.3 is 5.97 Å². The van der Waals surface area contributed by atoms with Crippen molar-refractivity contribution < 1.29 is 14.1 Å². The second-order valence-electron chi connectivity index (χ2n) is 5.17. The summed E-state index contributed by atoms with van der Waals surface area (Å²) >= 11 is 5.91. The molecule has 0 bridgehead atoms. The van der Waals surface area contributed by atoms with E-state index < -0.39 is 5.97 Å². The molecule has 2 aromatic carbocycles. The van der Waals surface area contributed by atoms with Gasteiger partial charge in [-0.05, 0) is 30.7 Å². The van der Waals surface area contributed by atoms with Crippen LogP contribution in [-0.4, -0.2) is 18.2 Å². The molecule has 0 amide bonds. The van der Waals surface area contributed by atoms with Gasteiger partial charge in [-0.25, -0.2) is 4.79 Å². The number of methoxy groups -OCH3 is 1. The predicted molar refractivity (Wildman–Crippen MR) is 92.8 cm³/mol. The van der Waals surface area contributed by atoms with Gasteiger partial charge in [0.2, 0.25) is 5.88 Å². The number of para-hydroxylation sites is 1. The fraction of sp³-hybridized carbons (Fsp3) is 0.111. The summed E-state index contributed by atoms with van der Waals surface area (Å²) in [5, 5.41) is 7.73. The Kier molecular flexibility index (Phi) is 4.53. The van der Waals surface area contributed by atoms with Crippen molar-refractivity contribution in [2.45, 2.75) is 6.92 Å². The number of halogens is 1. The van der Waals surface area contributed by atoms with E-state index in [9.17, 15) is 4.79 Å². The summed E-state index contributed by atoms with van der Waals surface area (Å²) in [6.07, 6.45) is 0. The molecule has 0 saturated heterocycles. The third-order valence-electron chi connectivity index (χ3n) is 3.59. The number of benzene rings is 2. The van der Waals surface area contributed by atoms with Crippen LogP contribution >= 0.6 is 11.6 Å². The van der Waals surface area contributed by atoms with Crippen LogP contribution < -0.4 is 5.32 Å². The minimum absolute atomic E-state index is 0.237. The number of hydrogen-bond acceptors (Lipinski definition) is 5. The molecule has 0 aliphatic heterocycles. The summed E-state index contributed by atoms with van der Waals surface area (Å²) in [7, 11) is 1.32. The highest BCUT2D eigenvalue weighted by Crippen LogP contribution is 2.32. The Hall–Kier alpha value is -2.79. The normalized spacial score (nSPS) is 10.5. The second kappa shape index (κ2) is 6.76. The van der Waals surface area contributed by atoms with Crippen molar-refractivity contribution in [3.8, 4) is 11.3 Å². The summed E-state index contributed by atoms with van der Waals surface area (Å²) in [6.45, 7) is 1.95. The number of carbonyl (C=O) groups is 1. The minimum atomic E-state index is -0.530. The molecule has 5 nitrogen and oxygen atoms in total. The maximum Gasteiger partial charge on any atom is 0.345 e. The molecular formula is C18H15ClN2O3. The van der Waals surface area contributed by atoms with E-state index in [1.807, 2.05) is 31.2 Å². The largest absolute Gasteiger partial charge is 0.465 e. The van der Waals surface area contributed by atoms with Gasteiger partial charge in [0.1, 0.15) is 5.69 Å². The second-order valence-corrected chi connectivity index (χ2v) is 5.61. The molecule has 0 aliphatic carbocycles. The van der Waals surface area contributed by atoms with E-state index in [0.29, 0.717) is 16.3 Å². The molecule has 3 rings (SSSR count). The zero-order valence-corrected chi connectivity index (χ0v) is 13.9. The van der Waals surface area contributed by atoms with Gasteiger partial charge in [0.25, 0.3) is 0 Å². The first-order valence-electron chi connectivity index (χ1n) is 7.26. The summed E-state index contributed by atoms with van der Waals surface area (Å²) in [6, 6.07) is 14.7. The van der Waals surface area contributed by atoms with Crippen molar-refractivity contribution in [3.05, 3.63) is 64.7 Å². The quantitative estimate of drug-likeness (QED) is 0.688. The third kappa shape index (κ3) is 3.12. The Morgan fingerprint density at radius 2 is 1.88 bits per heavy atom. The number of hydrogen-bond donors (Lipinski definition) is 1. The molecule has 6 heteroatoms. The first-order chi connectivity index (χ1) is 11.6. The van der Waals surface area contributed by atoms with Crippen LogP contribution in [-0.2, 0) is 4.74 Å². The van der Waals surface area contributed by atoms with Crippen LogP contribution in [0.15, 0.2) is 53.1 Å². The molecule has 1 heterocycles. The molecule has 0 spiro atoms. The lowest BCUT2D eigenvalue weighted by Gasteiger charge is -2.07. The number of aromatic nitrogens is 1. The fourth-order valence-corrected chi connectivity index (χ4v) is 2.43. The summed E-state index contributed by atoms with van der Waals surface area (Å²) in [5.74, 6) is -0.293. The number of carbonyl (C=O) groups excluding carboxylic acids is 1. The molecule has 1 N–H and O–H groups in total. The van der Waals surface area contributed by atoms with Gasteiger partial charge in [0, 0.05) is 16.3 Å². The highest BCUT2D eigenvalue weighted by Gasteiger charge is 2.25. The summed E-state index contributed by atoms with van der Waals surface area (Å²) < 4.78 is 10.3. The molecule has 24 heavy (non-hydrogen) atoms. The highest BCUT2D eigenvalue weighted by atomic mass is 35.5. The van der Waals surface area contributed by atoms with E-state index in [4.69, 9.17) is 20.9 Å². The lowest BCUT2D eigenvalue weighted by Crippen LogP contribution is -2.05. The Bertz CT molecular complexity index is 872. The fourth-order valence-electron chi connectivity index (χ4n) is 2.31. The molecule has 0 saturated carbocycles. The Morgan fingerprint density at radius 3 is 2.54 bits per heavy atom. The SMILES string of the molecule is COC(=O)c1c(-c2ccc(Cl)cc2)noc1Nc1ccccc1C. The van der Waals surface area contributed by atoms with Gasteiger partial charge in [-0.15, -0.1) is 0 Å². The van der Waals surface area contributed by atoms with E-state index in [0.717, 1.165) is 11.3 Å². The first kappa shape index (κ1) is 16.1. The van der Waals surface area contributed by atoms with Gasteiger partial charge in [-0.3, -0.25) is 0 Å². The Balaban J connectivity index is 2.06. The van der Waals surface area contributed by atoms with Crippen LogP contribution in [0.1, 0.15) is 15.9 Å². The monoisotopic (exact) mass is 342 g/mol. The van der Waals surface area contributed by atoms with Gasteiger partial charge in [0.05, 0.1) is 7.11 Å².